The Morgan fingerprint density at radius 3 is 2.18 bits per heavy atom. The first-order valence-corrected chi connectivity index (χ1v) is 7.26. The minimum absolute atomic E-state index is 0.395. The SMILES string of the molecule is CC(C)N(CC1CC1)CC(CN)CC(C)(C)C. The molecule has 0 radical (unpaired) electrons. The zero-order valence-corrected chi connectivity index (χ0v) is 12.5. The first-order valence-electron chi connectivity index (χ1n) is 7.26. The number of nitrogens with zero attached hydrogens (tertiary/aromatic N) is 1. The van der Waals surface area contributed by atoms with Crippen molar-refractivity contribution >= 4 is 0 Å². The van der Waals surface area contributed by atoms with Gasteiger partial charge in [0.15, 0.2) is 0 Å². The number of hydrogen-bond acceptors (Lipinski definition) is 2. The van der Waals surface area contributed by atoms with Crippen molar-refractivity contribution in [2.75, 3.05) is 19.6 Å². The smallest absolute Gasteiger partial charge is 0.00388 e. The lowest BCUT2D eigenvalue weighted by Gasteiger charge is -2.33. The molecule has 0 spiro atoms. The molecule has 2 heteroatoms. The quantitative estimate of drug-likeness (QED) is 0.741. The standard InChI is InChI=1S/C15H32N2/c1-12(2)17(10-13-6-7-13)11-14(9-16)8-15(3,4)5/h12-14H,6-11,16H2,1-5H3. The van der Waals surface area contributed by atoms with E-state index in [2.05, 4.69) is 39.5 Å². The van der Waals surface area contributed by atoms with Crippen LogP contribution in [0, 0.1) is 17.3 Å². The van der Waals surface area contributed by atoms with Crippen molar-refractivity contribution in [2.45, 2.75) is 59.9 Å². The second kappa shape index (κ2) is 6.19. The Labute approximate surface area is 108 Å². The molecule has 1 fully saturated rings. The van der Waals surface area contributed by atoms with Gasteiger partial charge in [-0.25, -0.2) is 0 Å². The van der Waals surface area contributed by atoms with Crippen LogP contribution in [0.1, 0.15) is 53.9 Å². The summed E-state index contributed by atoms with van der Waals surface area (Å²) in [4.78, 5) is 2.64. The van der Waals surface area contributed by atoms with Crippen LogP contribution in [0.2, 0.25) is 0 Å². The predicted molar refractivity (Wildman–Crippen MR) is 76.0 cm³/mol. The molecular weight excluding hydrogens is 208 g/mol. The van der Waals surface area contributed by atoms with Crippen molar-refractivity contribution in [3.8, 4) is 0 Å². The maximum atomic E-state index is 5.95. The molecule has 1 aliphatic carbocycles. The van der Waals surface area contributed by atoms with Gasteiger partial charge >= 0.3 is 0 Å². The van der Waals surface area contributed by atoms with Crippen LogP contribution in [0.25, 0.3) is 0 Å². The van der Waals surface area contributed by atoms with Gasteiger partial charge in [0.2, 0.25) is 0 Å². The fourth-order valence-electron chi connectivity index (χ4n) is 2.55. The third kappa shape index (κ3) is 6.42. The Bertz CT molecular complexity index is 213. The first-order chi connectivity index (χ1) is 7.81. The van der Waals surface area contributed by atoms with E-state index < -0.39 is 0 Å². The molecule has 0 aromatic carbocycles. The molecular formula is C15H32N2. The molecule has 0 bridgehead atoms. The molecule has 0 saturated heterocycles. The normalized spacial score (nSPS) is 19.1. The van der Waals surface area contributed by atoms with E-state index in [0.29, 0.717) is 17.4 Å². The summed E-state index contributed by atoms with van der Waals surface area (Å²) >= 11 is 0. The lowest BCUT2D eigenvalue weighted by Crippen LogP contribution is -2.40. The topological polar surface area (TPSA) is 29.3 Å². The highest BCUT2D eigenvalue weighted by molar-refractivity contribution is 4.81. The highest BCUT2D eigenvalue weighted by atomic mass is 15.2. The first kappa shape index (κ1) is 15.0. The van der Waals surface area contributed by atoms with Crippen molar-refractivity contribution in [2.24, 2.45) is 23.0 Å². The Kier molecular flexibility index (Phi) is 5.46. The minimum atomic E-state index is 0.395. The number of rotatable bonds is 7. The summed E-state index contributed by atoms with van der Waals surface area (Å²) in [6.45, 7) is 14.9. The van der Waals surface area contributed by atoms with E-state index in [4.69, 9.17) is 5.73 Å². The largest absolute Gasteiger partial charge is 0.330 e. The lowest BCUT2D eigenvalue weighted by molar-refractivity contribution is 0.157. The predicted octanol–water partition coefficient (Wildman–Crippen LogP) is 3.12. The molecule has 0 heterocycles. The molecule has 0 aromatic rings. The van der Waals surface area contributed by atoms with Gasteiger partial charge < -0.3 is 10.6 Å². The van der Waals surface area contributed by atoms with E-state index in [1.54, 1.807) is 0 Å². The Balaban J connectivity index is 2.44. The summed E-state index contributed by atoms with van der Waals surface area (Å²) in [6.07, 6.45) is 4.11. The van der Waals surface area contributed by atoms with Crippen molar-refractivity contribution in [3.63, 3.8) is 0 Å². The van der Waals surface area contributed by atoms with Crippen LogP contribution < -0.4 is 5.73 Å². The fraction of sp³-hybridized carbons (Fsp3) is 1.00. The monoisotopic (exact) mass is 240 g/mol. The van der Waals surface area contributed by atoms with Crippen LogP contribution in [-0.4, -0.2) is 30.6 Å². The van der Waals surface area contributed by atoms with Crippen LogP contribution in [0.4, 0.5) is 0 Å². The van der Waals surface area contributed by atoms with E-state index in [-0.39, 0.29) is 0 Å². The molecule has 102 valence electrons. The average Bonchev–Trinajstić information content (AvgIpc) is 2.97. The second-order valence-corrected chi connectivity index (χ2v) is 7.36. The van der Waals surface area contributed by atoms with Crippen molar-refractivity contribution in [1.82, 2.24) is 4.90 Å². The van der Waals surface area contributed by atoms with E-state index in [1.165, 1.54) is 32.4 Å². The minimum Gasteiger partial charge on any atom is -0.330 e. The molecule has 2 nitrogen and oxygen atoms in total. The molecule has 1 unspecified atom stereocenters. The van der Waals surface area contributed by atoms with Crippen LogP contribution in [0.5, 0.6) is 0 Å². The van der Waals surface area contributed by atoms with Crippen molar-refractivity contribution in [3.05, 3.63) is 0 Å². The summed E-state index contributed by atoms with van der Waals surface area (Å²) in [5.74, 6) is 1.63. The van der Waals surface area contributed by atoms with E-state index in [1.807, 2.05) is 0 Å². The van der Waals surface area contributed by atoms with Gasteiger partial charge in [-0.05, 0) is 56.9 Å². The van der Waals surface area contributed by atoms with E-state index in [0.717, 1.165) is 12.5 Å². The van der Waals surface area contributed by atoms with Crippen LogP contribution in [0.3, 0.4) is 0 Å². The summed E-state index contributed by atoms with van der Waals surface area (Å²) < 4.78 is 0. The van der Waals surface area contributed by atoms with Gasteiger partial charge in [0.25, 0.3) is 0 Å². The molecule has 1 rings (SSSR count). The van der Waals surface area contributed by atoms with E-state index >= 15 is 0 Å². The van der Waals surface area contributed by atoms with Gasteiger partial charge in [-0.3, -0.25) is 0 Å². The summed E-state index contributed by atoms with van der Waals surface area (Å²) in [7, 11) is 0. The zero-order chi connectivity index (χ0) is 13.1. The average molecular weight is 240 g/mol. The van der Waals surface area contributed by atoms with Gasteiger partial charge in [0.1, 0.15) is 0 Å². The van der Waals surface area contributed by atoms with Crippen molar-refractivity contribution < 1.29 is 0 Å². The van der Waals surface area contributed by atoms with E-state index in [9.17, 15) is 0 Å². The highest BCUT2D eigenvalue weighted by Gasteiger charge is 2.27. The molecule has 0 amide bonds. The molecule has 17 heavy (non-hydrogen) atoms. The fourth-order valence-corrected chi connectivity index (χ4v) is 2.55. The maximum absolute atomic E-state index is 5.95. The summed E-state index contributed by atoms with van der Waals surface area (Å²) in [6, 6.07) is 0.657. The van der Waals surface area contributed by atoms with Gasteiger partial charge in [0.05, 0.1) is 0 Å². The highest BCUT2D eigenvalue weighted by Crippen LogP contribution is 2.31. The number of hydrogen-bond donors (Lipinski definition) is 1. The van der Waals surface area contributed by atoms with Gasteiger partial charge in [-0.1, -0.05) is 20.8 Å². The third-order valence-corrected chi connectivity index (χ3v) is 3.65. The molecule has 2 N–H and O–H groups in total. The molecule has 1 atom stereocenters. The van der Waals surface area contributed by atoms with Gasteiger partial charge in [0, 0.05) is 19.1 Å². The second-order valence-electron chi connectivity index (χ2n) is 7.36. The third-order valence-electron chi connectivity index (χ3n) is 3.65. The summed E-state index contributed by atoms with van der Waals surface area (Å²) in [5, 5.41) is 0. The molecule has 1 aliphatic rings. The maximum Gasteiger partial charge on any atom is 0.00388 e. The van der Waals surface area contributed by atoms with Gasteiger partial charge in [-0.2, -0.15) is 0 Å². The van der Waals surface area contributed by atoms with Crippen molar-refractivity contribution in [1.29, 1.82) is 0 Å². The Morgan fingerprint density at radius 2 is 1.82 bits per heavy atom. The molecule has 1 saturated carbocycles. The van der Waals surface area contributed by atoms with Crippen LogP contribution in [-0.2, 0) is 0 Å². The molecule has 0 aliphatic heterocycles. The number of nitrogens with two attached hydrogens (primary N) is 1. The Morgan fingerprint density at radius 1 is 1.24 bits per heavy atom. The van der Waals surface area contributed by atoms with Crippen LogP contribution in [0.15, 0.2) is 0 Å². The van der Waals surface area contributed by atoms with Crippen LogP contribution >= 0.6 is 0 Å². The lowest BCUT2D eigenvalue weighted by atomic mass is 9.84. The molecule has 0 aromatic heterocycles. The van der Waals surface area contributed by atoms with Gasteiger partial charge in [-0.15, -0.1) is 0 Å². The zero-order valence-electron chi connectivity index (χ0n) is 12.5. The summed E-state index contributed by atoms with van der Waals surface area (Å²) in [5.41, 5.74) is 6.34. The Hall–Kier alpha value is -0.0800.